The molecule has 0 atom stereocenters. The molecule has 0 amide bonds. The van der Waals surface area contributed by atoms with Gasteiger partial charge in [0, 0.05) is 12.6 Å². The van der Waals surface area contributed by atoms with E-state index in [4.69, 9.17) is 5.26 Å². The lowest BCUT2D eigenvalue weighted by atomic mass is 10.1. The summed E-state index contributed by atoms with van der Waals surface area (Å²) < 4.78 is 0. The summed E-state index contributed by atoms with van der Waals surface area (Å²) in [5, 5.41) is 11.8. The molecule has 0 saturated carbocycles. The molecule has 0 saturated heterocycles. The van der Waals surface area contributed by atoms with Crippen LogP contribution >= 0.6 is 0 Å². The Hall–Kier alpha value is -2.61. The molecule has 0 radical (unpaired) electrons. The average Bonchev–Trinajstić information content (AvgIpc) is 2.39. The van der Waals surface area contributed by atoms with E-state index in [0.717, 1.165) is 5.56 Å². The van der Waals surface area contributed by atoms with Crippen LogP contribution in [0.25, 0.3) is 0 Å². The molecule has 1 aromatic carbocycles. The molecule has 0 aliphatic carbocycles. The highest BCUT2D eigenvalue weighted by molar-refractivity contribution is 5.41. The van der Waals surface area contributed by atoms with Gasteiger partial charge in [-0.25, -0.2) is 4.79 Å². The van der Waals surface area contributed by atoms with Crippen molar-refractivity contribution in [2.45, 2.75) is 20.4 Å². The van der Waals surface area contributed by atoms with Crippen LogP contribution in [0, 0.1) is 25.2 Å². The van der Waals surface area contributed by atoms with Crippen molar-refractivity contribution in [3.63, 3.8) is 0 Å². The molecule has 0 spiro atoms. The predicted molar refractivity (Wildman–Crippen MR) is 72.8 cm³/mol. The smallest absolute Gasteiger partial charge is 0.347 e. The molecule has 5 heteroatoms. The van der Waals surface area contributed by atoms with Crippen molar-refractivity contribution in [2.24, 2.45) is 0 Å². The number of aryl methyl sites for hydroxylation is 2. The molecule has 2 aromatic rings. The van der Waals surface area contributed by atoms with Gasteiger partial charge < -0.3 is 5.32 Å². The SMILES string of the molecule is Cc1ccc(C)c(CNc2cc(C#N)[nH]c(=O)n2)c1. The molecule has 0 aliphatic heterocycles. The molecule has 5 nitrogen and oxygen atoms in total. The highest BCUT2D eigenvalue weighted by Gasteiger charge is 2.02. The lowest BCUT2D eigenvalue weighted by Gasteiger charge is -2.09. The van der Waals surface area contributed by atoms with Crippen LogP contribution in [0.2, 0.25) is 0 Å². The third-order valence-corrected chi connectivity index (χ3v) is 2.83. The summed E-state index contributed by atoms with van der Waals surface area (Å²) in [5.74, 6) is 0.404. The second-order valence-electron chi connectivity index (χ2n) is 4.38. The van der Waals surface area contributed by atoms with Crippen molar-refractivity contribution in [2.75, 3.05) is 5.32 Å². The third kappa shape index (κ3) is 3.19. The fraction of sp³-hybridized carbons (Fsp3) is 0.214. The molecule has 19 heavy (non-hydrogen) atoms. The Labute approximate surface area is 110 Å². The van der Waals surface area contributed by atoms with Crippen LogP contribution in [0.4, 0.5) is 5.82 Å². The van der Waals surface area contributed by atoms with Gasteiger partial charge in [0.15, 0.2) is 0 Å². The number of H-pyrrole nitrogens is 1. The van der Waals surface area contributed by atoms with E-state index in [9.17, 15) is 4.79 Å². The maximum absolute atomic E-state index is 11.2. The highest BCUT2D eigenvalue weighted by Crippen LogP contribution is 2.12. The minimum Gasteiger partial charge on any atom is -0.366 e. The van der Waals surface area contributed by atoms with E-state index >= 15 is 0 Å². The molecule has 0 aliphatic rings. The first-order chi connectivity index (χ1) is 9.08. The third-order valence-electron chi connectivity index (χ3n) is 2.83. The second kappa shape index (κ2) is 5.36. The van der Waals surface area contributed by atoms with Gasteiger partial charge in [-0.2, -0.15) is 10.2 Å². The van der Waals surface area contributed by atoms with Gasteiger partial charge in [0.05, 0.1) is 0 Å². The zero-order valence-corrected chi connectivity index (χ0v) is 10.8. The zero-order chi connectivity index (χ0) is 13.8. The molecule has 2 N–H and O–H groups in total. The second-order valence-corrected chi connectivity index (χ2v) is 4.38. The molecule has 96 valence electrons. The maximum Gasteiger partial charge on any atom is 0.347 e. The van der Waals surface area contributed by atoms with Crippen molar-refractivity contribution < 1.29 is 0 Å². The van der Waals surface area contributed by atoms with Crippen molar-refractivity contribution >= 4 is 5.82 Å². The van der Waals surface area contributed by atoms with Crippen LogP contribution in [-0.2, 0) is 6.54 Å². The lowest BCUT2D eigenvalue weighted by molar-refractivity contribution is 1.02. The average molecular weight is 254 g/mol. The first kappa shape index (κ1) is 12.8. The Morgan fingerprint density at radius 2 is 2.16 bits per heavy atom. The quantitative estimate of drug-likeness (QED) is 0.876. The Balaban J connectivity index is 2.19. The van der Waals surface area contributed by atoms with Crippen LogP contribution in [0.15, 0.2) is 29.1 Å². The molecule has 2 rings (SSSR count). The zero-order valence-electron chi connectivity index (χ0n) is 10.8. The van der Waals surface area contributed by atoms with Gasteiger partial charge in [-0.05, 0) is 25.0 Å². The standard InChI is InChI=1S/C14H14N4O/c1-9-3-4-10(2)11(5-9)8-16-13-6-12(7-15)17-14(19)18-13/h3-6H,8H2,1-2H3,(H2,16,17,18,19). The molecule has 0 unspecified atom stereocenters. The Morgan fingerprint density at radius 3 is 2.89 bits per heavy atom. The van der Waals surface area contributed by atoms with Gasteiger partial charge in [0.1, 0.15) is 17.6 Å². The van der Waals surface area contributed by atoms with Crippen LogP contribution < -0.4 is 11.0 Å². The van der Waals surface area contributed by atoms with Crippen molar-refractivity contribution in [1.82, 2.24) is 9.97 Å². The molecule has 0 fully saturated rings. The summed E-state index contributed by atoms with van der Waals surface area (Å²) in [6.07, 6.45) is 0. The minimum atomic E-state index is -0.525. The van der Waals surface area contributed by atoms with E-state index in [0.29, 0.717) is 12.4 Å². The Morgan fingerprint density at radius 1 is 1.37 bits per heavy atom. The Kier molecular flexibility index (Phi) is 3.62. The number of nitriles is 1. The molecular formula is C14H14N4O. The number of hydrogen-bond acceptors (Lipinski definition) is 4. The maximum atomic E-state index is 11.2. The lowest BCUT2D eigenvalue weighted by Crippen LogP contribution is -2.15. The monoisotopic (exact) mass is 254 g/mol. The van der Waals surface area contributed by atoms with Crippen molar-refractivity contribution in [3.8, 4) is 6.07 Å². The van der Waals surface area contributed by atoms with E-state index in [2.05, 4.69) is 33.5 Å². The number of aromatic amines is 1. The minimum absolute atomic E-state index is 0.198. The normalized spacial score (nSPS) is 9.95. The summed E-state index contributed by atoms with van der Waals surface area (Å²) in [7, 11) is 0. The Bertz CT molecular complexity index is 697. The molecule has 0 bridgehead atoms. The summed E-state index contributed by atoms with van der Waals surface area (Å²) in [4.78, 5) is 17.4. The fourth-order valence-electron chi connectivity index (χ4n) is 1.78. The van der Waals surface area contributed by atoms with E-state index < -0.39 is 5.69 Å². The number of nitrogens with zero attached hydrogens (tertiary/aromatic N) is 2. The fourth-order valence-corrected chi connectivity index (χ4v) is 1.78. The summed E-state index contributed by atoms with van der Waals surface area (Å²) in [5.41, 5.74) is 3.16. The van der Waals surface area contributed by atoms with Crippen LogP contribution in [0.5, 0.6) is 0 Å². The summed E-state index contributed by atoms with van der Waals surface area (Å²) in [6.45, 7) is 4.62. The predicted octanol–water partition coefficient (Wildman–Crippen LogP) is 1.87. The van der Waals surface area contributed by atoms with Gasteiger partial charge in [0.25, 0.3) is 0 Å². The van der Waals surface area contributed by atoms with Crippen LogP contribution in [0.3, 0.4) is 0 Å². The number of aromatic nitrogens is 2. The number of rotatable bonds is 3. The number of hydrogen-bond donors (Lipinski definition) is 2. The molecular weight excluding hydrogens is 240 g/mol. The van der Waals surface area contributed by atoms with Gasteiger partial charge in [-0.15, -0.1) is 0 Å². The van der Waals surface area contributed by atoms with Crippen molar-refractivity contribution in [1.29, 1.82) is 5.26 Å². The van der Waals surface area contributed by atoms with Crippen LogP contribution in [-0.4, -0.2) is 9.97 Å². The topological polar surface area (TPSA) is 81.6 Å². The highest BCUT2D eigenvalue weighted by atomic mass is 16.1. The van der Waals surface area contributed by atoms with E-state index in [1.165, 1.54) is 17.2 Å². The van der Waals surface area contributed by atoms with Gasteiger partial charge in [-0.3, -0.25) is 4.98 Å². The van der Waals surface area contributed by atoms with E-state index in [1.807, 2.05) is 19.9 Å². The van der Waals surface area contributed by atoms with Gasteiger partial charge in [-0.1, -0.05) is 23.8 Å². The van der Waals surface area contributed by atoms with Crippen molar-refractivity contribution in [3.05, 3.63) is 57.1 Å². The van der Waals surface area contributed by atoms with Gasteiger partial charge in [0.2, 0.25) is 0 Å². The van der Waals surface area contributed by atoms with E-state index in [-0.39, 0.29) is 5.69 Å². The molecule has 1 aromatic heterocycles. The number of anilines is 1. The first-order valence-corrected chi connectivity index (χ1v) is 5.90. The summed E-state index contributed by atoms with van der Waals surface area (Å²) >= 11 is 0. The summed E-state index contributed by atoms with van der Waals surface area (Å²) in [6, 6.07) is 9.60. The largest absolute Gasteiger partial charge is 0.366 e. The first-order valence-electron chi connectivity index (χ1n) is 5.90. The number of benzene rings is 1. The number of nitrogens with one attached hydrogen (secondary N) is 2. The van der Waals surface area contributed by atoms with Gasteiger partial charge >= 0.3 is 5.69 Å². The van der Waals surface area contributed by atoms with Crippen LogP contribution in [0.1, 0.15) is 22.4 Å². The molecule has 1 heterocycles. The van der Waals surface area contributed by atoms with E-state index in [1.54, 1.807) is 0 Å².